The van der Waals surface area contributed by atoms with Crippen LogP contribution in [0.5, 0.6) is 0 Å². The Morgan fingerprint density at radius 1 is 1.22 bits per heavy atom. The number of carbonyl (C=O) groups excluding carboxylic acids is 3. The summed E-state index contributed by atoms with van der Waals surface area (Å²) in [6.07, 6.45) is 3.49. The zero-order valence-electron chi connectivity index (χ0n) is 18.3. The van der Waals surface area contributed by atoms with Crippen molar-refractivity contribution in [3.05, 3.63) is 42.2 Å². The highest BCUT2D eigenvalue weighted by Crippen LogP contribution is 2.27. The number of nitrogens with zero attached hydrogens (tertiary/aromatic N) is 1. The second-order valence-electron chi connectivity index (χ2n) is 7.38. The first kappa shape index (κ1) is 25.5. The van der Waals surface area contributed by atoms with Gasteiger partial charge in [-0.3, -0.25) is 19.6 Å². The van der Waals surface area contributed by atoms with Crippen molar-refractivity contribution in [1.29, 1.82) is 0 Å². The van der Waals surface area contributed by atoms with E-state index in [2.05, 4.69) is 10.6 Å². The van der Waals surface area contributed by atoms with Crippen LogP contribution in [0.3, 0.4) is 0 Å². The molecule has 2 unspecified atom stereocenters. The van der Waals surface area contributed by atoms with E-state index in [1.165, 1.54) is 6.07 Å². The highest BCUT2D eigenvalue weighted by molar-refractivity contribution is 7.59. The van der Waals surface area contributed by atoms with Crippen LogP contribution in [-0.4, -0.2) is 53.3 Å². The summed E-state index contributed by atoms with van der Waals surface area (Å²) in [5.41, 5.74) is 0.747. The molecule has 3 amide bonds. The average molecular weight is 463 g/mol. The number of nitrogens with one attached hydrogen (secondary N) is 2. The fourth-order valence-corrected chi connectivity index (χ4v) is 3.76. The van der Waals surface area contributed by atoms with Gasteiger partial charge in [-0.2, -0.15) is 0 Å². The largest absolute Gasteiger partial charge is 0.451 e. The molecule has 4 N–H and O–H groups in total. The molecule has 0 aliphatic heterocycles. The number of hydrogen-bond acceptors (Lipinski definition) is 6. The van der Waals surface area contributed by atoms with Gasteiger partial charge in [-0.25, -0.2) is 5.06 Å². The minimum absolute atomic E-state index is 0.0874. The molecular weight excluding hydrogens is 433 g/mol. The molecule has 9 nitrogen and oxygen atoms in total. The minimum Gasteiger partial charge on any atom is -0.451 e. The van der Waals surface area contributed by atoms with Crippen LogP contribution in [0.4, 0.5) is 0 Å². The summed E-state index contributed by atoms with van der Waals surface area (Å²) < 4.78 is 5.63. The smallest absolute Gasteiger partial charge is 0.288 e. The van der Waals surface area contributed by atoms with Crippen LogP contribution in [0.25, 0.3) is 11.3 Å². The Hall–Kier alpha value is -2.74. The zero-order valence-corrected chi connectivity index (χ0v) is 19.2. The van der Waals surface area contributed by atoms with Gasteiger partial charge in [0.05, 0.1) is 27.3 Å². The SMILES string of the molecule is CCCCCC(CN(O)C=O)C(=O)NCNC(=O)c1ccc(-c2cccc(P(C)O)c2)o1. The molecule has 32 heavy (non-hydrogen) atoms. The number of carbonyl (C=O) groups is 3. The predicted octanol–water partition coefficient (Wildman–Crippen LogP) is 2.44. The second kappa shape index (κ2) is 13.0. The molecule has 0 saturated carbocycles. The van der Waals surface area contributed by atoms with Crippen LogP contribution in [0.2, 0.25) is 0 Å². The molecule has 0 spiro atoms. The summed E-state index contributed by atoms with van der Waals surface area (Å²) in [7, 11) is -1.24. The van der Waals surface area contributed by atoms with Gasteiger partial charge in [0.15, 0.2) is 5.76 Å². The Kier molecular flexibility index (Phi) is 10.3. The minimum atomic E-state index is -1.24. The molecule has 10 heteroatoms. The fraction of sp³-hybridized carbons (Fsp3) is 0.409. The van der Waals surface area contributed by atoms with Crippen molar-refractivity contribution in [2.24, 2.45) is 5.92 Å². The van der Waals surface area contributed by atoms with Crippen LogP contribution >= 0.6 is 8.15 Å². The van der Waals surface area contributed by atoms with Crippen LogP contribution in [-0.2, 0) is 9.59 Å². The fourth-order valence-electron chi connectivity index (χ4n) is 3.13. The first-order chi connectivity index (χ1) is 15.3. The van der Waals surface area contributed by atoms with E-state index in [4.69, 9.17) is 4.42 Å². The molecule has 0 fully saturated rings. The Morgan fingerprint density at radius 3 is 2.69 bits per heavy atom. The average Bonchev–Trinajstić information content (AvgIpc) is 3.28. The second-order valence-corrected chi connectivity index (χ2v) is 8.95. The molecule has 0 saturated heterocycles. The molecule has 1 aromatic carbocycles. The Morgan fingerprint density at radius 2 is 2.00 bits per heavy atom. The lowest BCUT2D eigenvalue weighted by atomic mass is 10.0. The Bertz CT molecular complexity index is 901. The molecule has 2 atom stereocenters. The van der Waals surface area contributed by atoms with Crippen molar-refractivity contribution in [3.8, 4) is 11.3 Å². The van der Waals surface area contributed by atoms with Crippen LogP contribution in [0.15, 0.2) is 40.8 Å². The summed E-state index contributed by atoms with van der Waals surface area (Å²) in [5.74, 6) is -0.854. The highest BCUT2D eigenvalue weighted by atomic mass is 31.1. The van der Waals surface area contributed by atoms with Gasteiger partial charge in [-0.05, 0) is 31.3 Å². The number of hydroxylamine groups is 2. The number of furan rings is 1. The van der Waals surface area contributed by atoms with Gasteiger partial charge in [0, 0.05) is 10.9 Å². The third-order valence-electron chi connectivity index (χ3n) is 4.90. The van der Waals surface area contributed by atoms with Crippen LogP contribution in [0.1, 0.15) is 43.2 Å². The summed E-state index contributed by atoms with van der Waals surface area (Å²) in [6, 6.07) is 10.5. The molecule has 1 aromatic heterocycles. The summed E-state index contributed by atoms with van der Waals surface area (Å²) >= 11 is 0. The van der Waals surface area contributed by atoms with E-state index in [0.717, 1.165) is 30.1 Å². The zero-order chi connectivity index (χ0) is 23.5. The topological polar surface area (TPSA) is 132 Å². The van der Waals surface area contributed by atoms with E-state index in [9.17, 15) is 24.5 Å². The molecule has 2 rings (SSSR count). The highest BCUT2D eigenvalue weighted by Gasteiger charge is 2.21. The molecule has 2 aromatic rings. The van der Waals surface area contributed by atoms with Crippen molar-refractivity contribution in [1.82, 2.24) is 15.7 Å². The predicted molar refractivity (Wildman–Crippen MR) is 122 cm³/mol. The van der Waals surface area contributed by atoms with Gasteiger partial charge in [0.1, 0.15) is 5.76 Å². The lowest BCUT2D eigenvalue weighted by molar-refractivity contribution is -0.154. The normalized spacial score (nSPS) is 12.6. The number of amides is 3. The number of hydrogen-bond donors (Lipinski definition) is 4. The number of unbranched alkanes of at least 4 members (excludes halogenated alkanes) is 2. The molecule has 1 heterocycles. The molecular formula is C22H30N3O6P. The van der Waals surface area contributed by atoms with E-state index in [1.807, 2.05) is 31.2 Å². The van der Waals surface area contributed by atoms with Crippen molar-refractivity contribution < 1.29 is 28.9 Å². The standard InChI is InChI=1S/C22H30N3O6P/c1-3-4-5-7-17(13-25(29)15-26)21(27)23-14-24-22(28)20-11-10-19(31-20)16-8-6-9-18(12-16)32(2)30/h6,8-12,15,17,29-30H,3-5,7,13-14H2,1-2H3,(H,23,27)(H,24,28). The third-order valence-corrected chi connectivity index (χ3v) is 5.93. The van der Waals surface area contributed by atoms with E-state index in [-0.39, 0.29) is 31.3 Å². The lowest BCUT2D eigenvalue weighted by Crippen LogP contribution is -2.42. The van der Waals surface area contributed by atoms with Crippen molar-refractivity contribution >= 4 is 31.7 Å². The van der Waals surface area contributed by atoms with Crippen LogP contribution in [0, 0.1) is 5.92 Å². The van der Waals surface area contributed by atoms with Crippen molar-refractivity contribution in [2.75, 3.05) is 19.9 Å². The summed E-state index contributed by atoms with van der Waals surface area (Å²) in [4.78, 5) is 45.3. The van der Waals surface area contributed by atoms with Gasteiger partial charge < -0.3 is 19.9 Å². The first-order valence-corrected chi connectivity index (χ1v) is 12.2. The number of rotatable bonds is 13. The maximum absolute atomic E-state index is 12.4. The van der Waals surface area contributed by atoms with Gasteiger partial charge >= 0.3 is 0 Å². The van der Waals surface area contributed by atoms with E-state index < -0.39 is 20.0 Å². The van der Waals surface area contributed by atoms with Crippen LogP contribution < -0.4 is 15.9 Å². The molecule has 0 radical (unpaired) electrons. The Balaban J connectivity index is 1.91. The Labute approximate surface area is 188 Å². The van der Waals surface area contributed by atoms with Gasteiger partial charge in [0.2, 0.25) is 12.3 Å². The molecule has 0 bridgehead atoms. The lowest BCUT2D eigenvalue weighted by Gasteiger charge is -2.19. The summed E-state index contributed by atoms with van der Waals surface area (Å²) in [6.45, 7) is 3.54. The van der Waals surface area contributed by atoms with Gasteiger partial charge in [-0.1, -0.05) is 44.4 Å². The number of benzene rings is 1. The molecule has 174 valence electrons. The maximum atomic E-state index is 12.4. The van der Waals surface area contributed by atoms with E-state index in [0.29, 0.717) is 17.2 Å². The van der Waals surface area contributed by atoms with Crippen molar-refractivity contribution in [2.45, 2.75) is 32.6 Å². The van der Waals surface area contributed by atoms with Gasteiger partial charge in [0.25, 0.3) is 5.91 Å². The van der Waals surface area contributed by atoms with Crippen molar-refractivity contribution in [3.63, 3.8) is 0 Å². The maximum Gasteiger partial charge on any atom is 0.288 e. The summed E-state index contributed by atoms with van der Waals surface area (Å²) in [5, 5.41) is 15.9. The van der Waals surface area contributed by atoms with E-state index >= 15 is 0 Å². The monoisotopic (exact) mass is 463 g/mol. The third kappa shape index (κ3) is 7.75. The van der Waals surface area contributed by atoms with Gasteiger partial charge in [-0.15, -0.1) is 0 Å². The quantitative estimate of drug-likeness (QED) is 0.0901. The molecule has 0 aliphatic carbocycles. The molecule has 0 aliphatic rings. The van der Waals surface area contributed by atoms with E-state index in [1.54, 1.807) is 12.7 Å². The first-order valence-electron chi connectivity index (χ1n) is 10.4.